The molecule has 0 spiro atoms. The number of rotatable bonds is 2. The molecule has 0 saturated carbocycles. The van der Waals surface area contributed by atoms with Gasteiger partial charge >= 0.3 is 0 Å². The van der Waals surface area contributed by atoms with E-state index >= 15 is 0 Å². The average molecular weight is 254 g/mol. The van der Waals surface area contributed by atoms with Gasteiger partial charge in [-0.3, -0.25) is 5.32 Å². The van der Waals surface area contributed by atoms with E-state index < -0.39 is 0 Å². The van der Waals surface area contributed by atoms with E-state index in [0.717, 1.165) is 24.6 Å². The molecule has 0 bridgehead atoms. The Labute approximate surface area is 108 Å². The lowest BCUT2D eigenvalue weighted by atomic mass is 9.90. The highest BCUT2D eigenvalue weighted by Gasteiger charge is 2.35. The number of ether oxygens (including phenoxy) is 1. The molecule has 0 aromatic heterocycles. The number of benzene rings is 1. The summed E-state index contributed by atoms with van der Waals surface area (Å²) in [5.41, 5.74) is 1.20. The van der Waals surface area contributed by atoms with Crippen LogP contribution >= 0.6 is 11.6 Å². The molecule has 1 N–H and O–H groups in total. The van der Waals surface area contributed by atoms with Crippen LogP contribution in [0.3, 0.4) is 0 Å². The largest absolute Gasteiger partial charge is 0.360 e. The van der Waals surface area contributed by atoms with Crippen molar-refractivity contribution in [1.82, 2.24) is 5.32 Å². The Kier molecular flexibility index (Phi) is 3.48. The number of halogens is 1. The minimum Gasteiger partial charge on any atom is -0.360 e. The third-order valence-electron chi connectivity index (χ3n) is 3.18. The summed E-state index contributed by atoms with van der Waals surface area (Å²) in [5.74, 6) is 0. The molecule has 1 heterocycles. The van der Waals surface area contributed by atoms with Crippen molar-refractivity contribution in [2.45, 2.75) is 32.9 Å². The van der Waals surface area contributed by atoms with Crippen LogP contribution in [0.5, 0.6) is 0 Å². The molecule has 1 fully saturated rings. The van der Waals surface area contributed by atoms with Crippen LogP contribution in [0.4, 0.5) is 0 Å². The Balaban J connectivity index is 2.01. The van der Waals surface area contributed by atoms with Gasteiger partial charge in [0.25, 0.3) is 0 Å². The van der Waals surface area contributed by atoms with Gasteiger partial charge in [-0.15, -0.1) is 0 Å². The van der Waals surface area contributed by atoms with Crippen LogP contribution in [0.1, 0.15) is 26.3 Å². The quantitative estimate of drug-likeness (QED) is 0.874. The maximum Gasteiger partial charge on any atom is 0.120 e. The molecule has 2 rings (SSSR count). The van der Waals surface area contributed by atoms with Gasteiger partial charge in [0.05, 0.1) is 6.61 Å². The Hall–Kier alpha value is -0.570. The molecule has 1 aromatic carbocycles. The highest BCUT2D eigenvalue weighted by molar-refractivity contribution is 6.30. The molecule has 1 aromatic rings. The third kappa shape index (κ3) is 3.44. The lowest BCUT2D eigenvalue weighted by Crippen LogP contribution is -2.56. The second kappa shape index (κ2) is 4.60. The molecular formula is C14H20ClNO. The number of hydrogen-bond acceptors (Lipinski definition) is 2. The third-order valence-corrected chi connectivity index (χ3v) is 3.43. The maximum absolute atomic E-state index is 5.97. The van der Waals surface area contributed by atoms with Crippen molar-refractivity contribution in [1.29, 1.82) is 0 Å². The first-order valence-corrected chi connectivity index (χ1v) is 6.40. The molecular weight excluding hydrogens is 234 g/mol. The molecule has 1 aliphatic heterocycles. The smallest absolute Gasteiger partial charge is 0.120 e. The lowest BCUT2D eigenvalue weighted by molar-refractivity contribution is -0.125. The molecule has 17 heavy (non-hydrogen) atoms. The van der Waals surface area contributed by atoms with E-state index in [0.29, 0.717) is 0 Å². The van der Waals surface area contributed by atoms with Crippen molar-refractivity contribution in [3.05, 3.63) is 34.9 Å². The van der Waals surface area contributed by atoms with E-state index in [1.165, 1.54) is 5.56 Å². The van der Waals surface area contributed by atoms with Crippen molar-refractivity contribution >= 4 is 11.6 Å². The summed E-state index contributed by atoms with van der Waals surface area (Å²) in [5, 5.41) is 4.27. The van der Waals surface area contributed by atoms with Crippen LogP contribution in [-0.2, 0) is 11.2 Å². The molecule has 2 nitrogen and oxygen atoms in total. The van der Waals surface area contributed by atoms with E-state index in [4.69, 9.17) is 16.3 Å². The Bertz CT molecular complexity index is 376. The van der Waals surface area contributed by atoms with Gasteiger partial charge in [0, 0.05) is 23.4 Å². The summed E-state index contributed by atoms with van der Waals surface area (Å²) < 4.78 is 5.97. The van der Waals surface area contributed by atoms with Gasteiger partial charge in [0.1, 0.15) is 5.72 Å². The topological polar surface area (TPSA) is 21.3 Å². The van der Waals surface area contributed by atoms with Crippen LogP contribution in [0, 0.1) is 5.41 Å². The molecule has 0 amide bonds. The fourth-order valence-electron chi connectivity index (χ4n) is 1.99. The second-order valence-electron chi connectivity index (χ2n) is 5.84. The summed E-state index contributed by atoms with van der Waals surface area (Å²) in [6.07, 6.45) is 0.861. The van der Waals surface area contributed by atoms with Crippen molar-refractivity contribution in [3.63, 3.8) is 0 Å². The van der Waals surface area contributed by atoms with Crippen molar-refractivity contribution in [3.8, 4) is 0 Å². The van der Waals surface area contributed by atoms with Crippen LogP contribution in [0.25, 0.3) is 0 Å². The van der Waals surface area contributed by atoms with Gasteiger partial charge in [-0.2, -0.15) is 0 Å². The average Bonchev–Trinajstić information content (AvgIpc) is 2.27. The Morgan fingerprint density at radius 1 is 1.24 bits per heavy atom. The van der Waals surface area contributed by atoms with E-state index in [2.05, 4.69) is 38.2 Å². The molecule has 3 heteroatoms. The maximum atomic E-state index is 5.97. The zero-order chi connectivity index (χ0) is 12.5. The van der Waals surface area contributed by atoms with Crippen LogP contribution in [0.2, 0.25) is 5.02 Å². The minimum absolute atomic E-state index is 0.222. The second-order valence-corrected chi connectivity index (χ2v) is 6.28. The van der Waals surface area contributed by atoms with Gasteiger partial charge in [-0.05, 0) is 24.6 Å². The predicted octanol–water partition coefficient (Wildman–Crippen LogP) is 3.24. The Morgan fingerprint density at radius 3 is 2.41 bits per heavy atom. The first-order valence-electron chi connectivity index (χ1n) is 6.02. The molecule has 1 atom stereocenters. The van der Waals surface area contributed by atoms with Gasteiger partial charge in [0.15, 0.2) is 0 Å². The summed E-state index contributed by atoms with van der Waals surface area (Å²) >= 11 is 5.88. The predicted molar refractivity (Wildman–Crippen MR) is 71.3 cm³/mol. The lowest BCUT2D eigenvalue weighted by Gasteiger charge is -2.42. The normalized spacial score (nSPS) is 28.0. The zero-order valence-electron chi connectivity index (χ0n) is 10.7. The first kappa shape index (κ1) is 12.9. The number of hydrogen-bond donors (Lipinski definition) is 1. The van der Waals surface area contributed by atoms with Crippen molar-refractivity contribution in [2.75, 3.05) is 13.2 Å². The van der Waals surface area contributed by atoms with E-state index in [-0.39, 0.29) is 11.1 Å². The van der Waals surface area contributed by atoms with Gasteiger partial charge in [-0.1, -0.05) is 37.6 Å². The van der Waals surface area contributed by atoms with E-state index in [1.807, 2.05) is 12.1 Å². The van der Waals surface area contributed by atoms with Crippen molar-refractivity contribution < 1.29 is 4.74 Å². The van der Waals surface area contributed by atoms with E-state index in [9.17, 15) is 0 Å². The zero-order valence-corrected chi connectivity index (χ0v) is 11.5. The Morgan fingerprint density at radius 2 is 1.88 bits per heavy atom. The number of nitrogens with one attached hydrogen (secondary N) is 1. The highest BCUT2D eigenvalue weighted by atomic mass is 35.5. The standard InChI is InChI=1S/C14H20ClNO/c1-13(2)9-16-14(3,17-10-13)8-11-4-6-12(15)7-5-11/h4-7,16H,8-10H2,1-3H3. The summed E-state index contributed by atoms with van der Waals surface area (Å²) in [6, 6.07) is 7.96. The van der Waals surface area contributed by atoms with Gasteiger partial charge < -0.3 is 4.74 Å². The van der Waals surface area contributed by atoms with Crippen LogP contribution in [0.15, 0.2) is 24.3 Å². The van der Waals surface area contributed by atoms with Gasteiger partial charge in [-0.25, -0.2) is 0 Å². The fourth-order valence-corrected chi connectivity index (χ4v) is 2.11. The first-order chi connectivity index (χ1) is 7.89. The van der Waals surface area contributed by atoms with Crippen LogP contribution in [-0.4, -0.2) is 18.9 Å². The van der Waals surface area contributed by atoms with Crippen LogP contribution < -0.4 is 5.32 Å². The SMILES string of the molecule is CC1(C)CNC(C)(Cc2ccc(Cl)cc2)OC1. The van der Waals surface area contributed by atoms with Crippen molar-refractivity contribution in [2.24, 2.45) is 5.41 Å². The summed E-state index contributed by atoms with van der Waals surface area (Å²) in [7, 11) is 0. The molecule has 0 aliphatic carbocycles. The molecule has 1 saturated heterocycles. The van der Waals surface area contributed by atoms with E-state index in [1.54, 1.807) is 0 Å². The summed E-state index contributed by atoms with van der Waals surface area (Å²) in [6.45, 7) is 8.31. The minimum atomic E-state index is -0.261. The van der Waals surface area contributed by atoms with Gasteiger partial charge in [0.2, 0.25) is 0 Å². The molecule has 94 valence electrons. The molecule has 0 radical (unpaired) electrons. The summed E-state index contributed by atoms with van der Waals surface area (Å²) in [4.78, 5) is 0. The molecule has 1 unspecified atom stereocenters. The fraction of sp³-hybridized carbons (Fsp3) is 0.571. The monoisotopic (exact) mass is 253 g/mol. The molecule has 1 aliphatic rings. The highest BCUT2D eigenvalue weighted by Crippen LogP contribution is 2.26.